The molecule has 198 valence electrons. The Balaban J connectivity index is 1.88. The molecule has 2 fully saturated rings. The summed E-state index contributed by atoms with van der Waals surface area (Å²) in [7, 11) is 0. The number of ketones is 2. The Morgan fingerprint density at radius 3 is 2.42 bits per heavy atom. The van der Waals surface area contributed by atoms with Crippen LogP contribution >= 0.6 is 15.9 Å². The molecule has 0 radical (unpaired) electrons. The van der Waals surface area contributed by atoms with E-state index < -0.39 is 86.7 Å². The molecule has 9 atom stereocenters. The van der Waals surface area contributed by atoms with Gasteiger partial charge in [-0.05, 0) is 30.8 Å². The summed E-state index contributed by atoms with van der Waals surface area (Å²) in [6, 6.07) is 0. The molecule has 0 aliphatic heterocycles. The number of allylic oxidation sites excluding steroid dienone is 4. The van der Waals surface area contributed by atoms with E-state index in [0.717, 1.165) is 13.0 Å². The van der Waals surface area contributed by atoms with Gasteiger partial charge in [-0.15, -0.1) is 0 Å². The summed E-state index contributed by atoms with van der Waals surface area (Å²) in [4.78, 5) is 49.4. The maximum atomic E-state index is 15.6. The first-order valence-corrected chi connectivity index (χ1v) is 12.9. The van der Waals surface area contributed by atoms with Gasteiger partial charge in [0.15, 0.2) is 24.2 Å². The van der Waals surface area contributed by atoms with Crippen LogP contribution in [0.25, 0.3) is 0 Å². The normalized spacial score (nSPS) is 45.5. The smallest absolute Gasteiger partial charge is 0.303 e. The lowest BCUT2D eigenvalue weighted by Gasteiger charge is -2.64. The fourth-order valence-corrected chi connectivity index (χ4v) is 8.91. The van der Waals surface area contributed by atoms with Crippen molar-refractivity contribution in [3.8, 4) is 0 Å². The minimum Gasteiger partial charge on any atom is -0.458 e. The molecule has 0 bridgehead atoms. The van der Waals surface area contributed by atoms with Crippen LogP contribution in [0.15, 0.2) is 23.6 Å². The third-order valence-corrected chi connectivity index (χ3v) is 11.3. The SMILES string of the molecule is CC(=O)OCC(=O)[C@@]1(OC(C)=O)[C@@H](C)C[C@H]2[C@@H]3CC(F)=C4[C@H](F)C(=O)C=C[C@]4(C)[C@@]3(Br)[C@@H](O)C[C@@]21C. The highest BCUT2D eigenvalue weighted by Crippen LogP contribution is 2.73. The van der Waals surface area contributed by atoms with Crippen LogP contribution in [0.1, 0.15) is 53.9 Å². The lowest BCUT2D eigenvalue weighted by molar-refractivity contribution is -0.201. The first-order chi connectivity index (χ1) is 16.6. The Bertz CT molecular complexity index is 1100. The lowest BCUT2D eigenvalue weighted by Crippen LogP contribution is -2.70. The molecule has 0 heterocycles. The number of carbonyl (C=O) groups is 4. The third-order valence-electron chi connectivity index (χ3n) is 9.35. The van der Waals surface area contributed by atoms with Crippen molar-refractivity contribution in [3.63, 3.8) is 0 Å². The molecule has 0 amide bonds. The summed E-state index contributed by atoms with van der Waals surface area (Å²) in [5, 5.41) is 11.7. The van der Waals surface area contributed by atoms with Crippen LogP contribution in [-0.4, -0.2) is 57.4 Å². The summed E-state index contributed by atoms with van der Waals surface area (Å²) in [6.07, 6.45) is -0.775. The van der Waals surface area contributed by atoms with Crippen LogP contribution in [0.2, 0.25) is 0 Å². The van der Waals surface area contributed by atoms with Crippen molar-refractivity contribution < 1.29 is 42.5 Å². The fourth-order valence-electron chi connectivity index (χ4n) is 7.92. The van der Waals surface area contributed by atoms with Gasteiger partial charge in [-0.1, -0.05) is 42.8 Å². The second kappa shape index (κ2) is 8.55. The van der Waals surface area contributed by atoms with Gasteiger partial charge in [0.2, 0.25) is 5.78 Å². The molecule has 0 spiro atoms. The molecular weight excluding hydrogens is 542 g/mol. The van der Waals surface area contributed by atoms with Gasteiger partial charge in [0.1, 0.15) is 5.83 Å². The zero-order chi connectivity index (χ0) is 27.0. The van der Waals surface area contributed by atoms with Gasteiger partial charge in [0, 0.05) is 42.6 Å². The van der Waals surface area contributed by atoms with Crippen molar-refractivity contribution in [2.45, 2.75) is 76.1 Å². The number of hydrogen-bond acceptors (Lipinski definition) is 7. The van der Waals surface area contributed by atoms with Crippen LogP contribution in [0.5, 0.6) is 0 Å². The van der Waals surface area contributed by atoms with Crippen molar-refractivity contribution in [1.82, 2.24) is 0 Å². The molecule has 2 saturated carbocycles. The molecule has 7 nitrogen and oxygen atoms in total. The predicted octanol–water partition coefficient (Wildman–Crippen LogP) is 3.71. The highest BCUT2D eigenvalue weighted by molar-refractivity contribution is 9.10. The lowest BCUT2D eigenvalue weighted by atomic mass is 9.46. The number of fused-ring (bicyclic) bond motifs is 5. The molecule has 4 aliphatic carbocycles. The molecule has 0 saturated heterocycles. The molecule has 0 aromatic rings. The van der Waals surface area contributed by atoms with Crippen LogP contribution in [0.4, 0.5) is 8.78 Å². The van der Waals surface area contributed by atoms with Crippen LogP contribution < -0.4 is 0 Å². The van der Waals surface area contributed by atoms with Gasteiger partial charge in [-0.2, -0.15) is 0 Å². The number of alkyl halides is 2. The fraction of sp³-hybridized carbons (Fsp3) is 0.692. The number of hydrogen-bond donors (Lipinski definition) is 1. The van der Waals surface area contributed by atoms with Crippen molar-refractivity contribution in [1.29, 1.82) is 0 Å². The number of halogens is 3. The maximum Gasteiger partial charge on any atom is 0.303 e. The zero-order valence-corrected chi connectivity index (χ0v) is 22.5. The minimum atomic E-state index is -2.15. The predicted molar refractivity (Wildman–Crippen MR) is 127 cm³/mol. The van der Waals surface area contributed by atoms with E-state index in [0.29, 0.717) is 6.42 Å². The summed E-state index contributed by atoms with van der Waals surface area (Å²) < 4.78 is 40.2. The molecule has 36 heavy (non-hydrogen) atoms. The molecule has 10 heteroatoms. The third kappa shape index (κ3) is 3.28. The number of esters is 2. The average molecular weight is 573 g/mol. The Kier molecular flexibility index (Phi) is 6.43. The summed E-state index contributed by atoms with van der Waals surface area (Å²) >= 11 is 3.72. The van der Waals surface area contributed by atoms with E-state index in [9.17, 15) is 24.3 Å². The highest BCUT2D eigenvalue weighted by atomic mass is 79.9. The first kappa shape index (κ1) is 27.1. The second-order valence-electron chi connectivity index (χ2n) is 11.1. The highest BCUT2D eigenvalue weighted by Gasteiger charge is 2.77. The summed E-state index contributed by atoms with van der Waals surface area (Å²) in [5.74, 6) is -5.19. The van der Waals surface area contributed by atoms with Gasteiger partial charge < -0.3 is 14.6 Å². The summed E-state index contributed by atoms with van der Waals surface area (Å²) in [6.45, 7) is 6.82. The molecule has 0 unspecified atom stereocenters. The summed E-state index contributed by atoms with van der Waals surface area (Å²) in [5.41, 5.74) is -4.51. The number of carbonyl (C=O) groups excluding carboxylic acids is 4. The number of Topliss-reactive ketones (excluding diaryl/α,β-unsaturated/α-hetero) is 1. The van der Waals surface area contributed by atoms with Crippen molar-refractivity contribution in [3.05, 3.63) is 23.6 Å². The van der Waals surface area contributed by atoms with Crippen molar-refractivity contribution in [2.75, 3.05) is 6.61 Å². The van der Waals surface area contributed by atoms with E-state index in [4.69, 9.17) is 9.47 Å². The van der Waals surface area contributed by atoms with E-state index in [1.165, 1.54) is 13.0 Å². The monoisotopic (exact) mass is 572 g/mol. The second-order valence-corrected chi connectivity index (χ2v) is 12.4. The Labute approximate surface area is 216 Å². The molecule has 1 N–H and O–H groups in total. The Morgan fingerprint density at radius 1 is 1.19 bits per heavy atom. The van der Waals surface area contributed by atoms with E-state index in [1.807, 2.05) is 0 Å². The number of ether oxygens (including phenoxy) is 2. The van der Waals surface area contributed by atoms with Crippen LogP contribution in [0.3, 0.4) is 0 Å². The van der Waals surface area contributed by atoms with Gasteiger partial charge >= 0.3 is 11.9 Å². The molecule has 0 aromatic carbocycles. The maximum absolute atomic E-state index is 15.6. The Hall–Kier alpha value is -1.94. The van der Waals surface area contributed by atoms with E-state index in [1.54, 1.807) is 20.8 Å². The largest absolute Gasteiger partial charge is 0.458 e. The number of aliphatic hydroxyl groups is 1. The van der Waals surface area contributed by atoms with Gasteiger partial charge in [0.05, 0.1) is 10.4 Å². The molecular formula is C26H31BrF2O7. The average Bonchev–Trinajstić information content (AvgIpc) is 2.98. The van der Waals surface area contributed by atoms with Crippen LogP contribution in [0, 0.1) is 28.6 Å². The van der Waals surface area contributed by atoms with Gasteiger partial charge in [-0.3, -0.25) is 19.2 Å². The van der Waals surface area contributed by atoms with E-state index >= 15 is 8.78 Å². The molecule has 4 aliphatic rings. The number of rotatable bonds is 4. The van der Waals surface area contributed by atoms with E-state index in [2.05, 4.69) is 15.9 Å². The quantitative estimate of drug-likeness (QED) is 0.404. The van der Waals surface area contributed by atoms with Gasteiger partial charge in [-0.25, -0.2) is 8.78 Å². The Morgan fingerprint density at radius 2 is 1.83 bits per heavy atom. The molecule has 0 aromatic heterocycles. The van der Waals surface area contributed by atoms with Crippen LogP contribution in [-0.2, 0) is 28.7 Å². The van der Waals surface area contributed by atoms with Crippen molar-refractivity contribution in [2.24, 2.45) is 28.6 Å². The standard InChI is InChI=1S/C26H31BrF2O7/c1-12-8-15-16-9-17(28)21-22(29)18(32)6-7-23(21,4)25(16,27)19(33)10-24(15,5)26(12,36-14(3)31)20(34)11-35-13(2)30/h6-7,12,15-16,19,22,33H,8-11H2,1-5H3/t12-,15-,16-,19-,22+,23-,24-,25-,26-/m0/s1. The zero-order valence-electron chi connectivity index (χ0n) is 20.9. The first-order valence-electron chi connectivity index (χ1n) is 12.1. The van der Waals surface area contributed by atoms with Gasteiger partial charge in [0.25, 0.3) is 0 Å². The van der Waals surface area contributed by atoms with E-state index in [-0.39, 0.29) is 18.4 Å². The molecule has 4 rings (SSSR count). The minimum absolute atomic E-state index is 0.0356. The number of aliphatic hydroxyl groups excluding tert-OH is 1. The van der Waals surface area contributed by atoms with Crippen molar-refractivity contribution >= 4 is 39.4 Å². The topological polar surface area (TPSA) is 107 Å².